The summed E-state index contributed by atoms with van der Waals surface area (Å²) in [5, 5.41) is 0. The highest BCUT2D eigenvalue weighted by Crippen LogP contribution is 2.18. The number of allylic oxidation sites excluding steroid dienone is 4. The minimum absolute atomic E-state index is 0.0655. The highest BCUT2D eigenvalue weighted by atomic mass is 19.1. The van der Waals surface area contributed by atoms with E-state index in [1.54, 1.807) is 6.08 Å². The molecular weight excluding hydrogens is 221 g/mol. The summed E-state index contributed by atoms with van der Waals surface area (Å²) in [4.78, 5) is 15.0. The van der Waals surface area contributed by atoms with Crippen LogP contribution in [0.3, 0.4) is 0 Å². The molecule has 0 spiro atoms. The maximum absolute atomic E-state index is 13.7. The Morgan fingerprint density at radius 2 is 2.24 bits per heavy atom. The van der Waals surface area contributed by atoms with Gasteiger partial charge in [0.05, 0.1) is 12.7 Å². The van der Waals surface area contributed by atoms with Crippen molar-refractivity contribution in [3.63, 3.8) is 0 Å². The predicted molar refractivity (Wildman–Crippen MR) is 63.9 cm³/mol. The van der Waals surface area contributed by atoms with E-state index in [2.05, 4.69) is 22.9 Å². The fraction of sp³-hybridized carbons (Fsp3) is 0.0769. The first-order valence-electron chi connectivity index (χ1n) is 4.83. The molecule has 0 N–H and O–H groups in total. The van der Waals surface area contributed by atoms with Crippen LogP contribution < -0.4 is 0 Å². The van der Waals surface area contributed by atoms with Crippen molar-refractivity contribution in [2.75, 3.05) is 7.11 Å². The fourth-order valence-corrected chi connectivity index (χ4v) is 1.25. The maximum Gasteiger partial charge on any atom is 0.339 e. The van der Waals surface area contributed by atoms with E-state index in [4.69, 9.17) is 0 Å². The lowest BCUT2D eigenvalue weighted by Gasteiger charge is -2.04. The predicted octanol–water partition coefficient (Wildman–Crippen LogP) is 2.76. The average molecular weight is 233 g/mol. The van der Waals surface area contributed by atoms with Gasteiger partial charge in [-0.1, -0.05) is 31.4 Å². The highest BCUT2D eigenvalue weighted by molar-refractivity contribution is 5.89. The van der Waals surface area contributed by atoms with Crippen LogP contribution in [0.1, 0.15) is 16.1 Å². The van der Waals surface area contributed by atoms with Crippen LogP contribution in [-0.2, 0) is 4.74 Å². The number of halogens is 1. The number of methoxy groups -OCH3 is 1. The third kappa shape index (κ3) is 2.87. The second-order valence-electron chi connectivity index (χ2n) is 3.11. The summed E-state index contributed by atoms with van der Waals surface area (Å²) in [6.45, 7) is 7.07. The molecule has 0 bridgehead atoms. The van der Waals surface area contributed by atoms with Gasteiger partial charge in [-0.15, -0.1) is 0 Å². The lowest BCUT2D eigenvalue weighted by molar-refractivity contribution is 0.0599. The fourth-order valence-electron chi connectivity index (χ4n) is 1.25. The molecule has 1 aromatic rings. The van der Waals surface area contributed by atoms with Crippen molar-refractivity contribution in [2.45, 2.75) is 0 Å². The number of pyridine rings is 1. The minimum Gasteiger partial charge on any atom is -0.465 e. The molecular formula is C13H12FNO2. The molecule has 0 unspecified atom stereocenters. The summed E-state index contributed by atoms with van der Waals surface area (Å²) in [5.41, 5.74) is 0.678. The maximum atomic E-state index is 13.7. The van der Waals surface area contributed by atoms with Crippen LogP contribution in [0.4, 0.5) is 4.39 Å². The third-order valence-electron chi connectivity index (χ3n) is 2.05. The van der Waals surface area contributed by atoms with Crippen molar-refractivity contribution in [1.82, 2.24) is 4.98 Å². The van der Waals surface area contributed by atoms with Crippen LogP contribution in [0.2, 0.25) is 0 Å². The highest BCUT2D eigenvalue weighted by Gasteiger charge is 2.12. The summed E-state index contributed by atoms with van der Waals surface area (Å²) in [5.74, 6) is -1.24. The minimum atomic E-state index is -0.629. The van der Waals surface area contributed by atoms with Crippen molar-refractivity contribution in [1.29, 1.82) is 0 Å². The first-order valence-corrected chi connectivity index (χ1v) is 4.83. The number of aromatic nitrogens is 1. The number of ether oxygens (including phenoxy) is 1. The van der Waals surface area contributed by atoms with E-state index in [0.29, 0.717) is 5.57 Å². The molecule has 17 heavy (non-hydrogen) atoms. The zero-order valence-electron chi connectivity index (χ0n) is 9.44. The Morgan fingerprint density at radius 1 is 1.53 bits per heavy atom. The molecule has 0 aliphatic carbocycles. The SMILES string of the molecule is C=C/C=C(\C=C)c1ncc(C(=O)OC)cc1F. The molecule has 88 valence electrons. The summed E-state index contributed by atoms with van der Waals surface area (Å²) < 4.78 is 18.2. The molecule has 0 radical (unpaired) electrons. The van der Waals surface area contributed by atoms with E-state index in [-0.39, 0.29) is 11.3 Å². The van der Waals surface area contributed by atoms with Gasteiger partial charge >= 0.3 is 5.97 Å². The van der Waals surface area contributed by atoms with E-state index < -0.39 is 11.8 Å². The molecule has 1 heterocycles. The topological polar surface area (TPSA) is 39.2 Å². The first-order chi connectivity index (χ1) is 8.13. The number of rotatable bonds is 4. The van der Waals surface area contributed by atoms with Crippen molar-refractivity contribution < 1.29 is 13.9 Å². The van der Waals surface area contributed by atoms with Crippen LogP contribution >= 0.6 is 0 Å². The molecule has 0 aliphatic rings. The lowest BCUT2D eigenvalue weighted by atomic mass is 10.1. The van der Waals surface area contributed by atoms with Gasteiger partial charge in [-0.05, 0) is 6.07 Å². The summed E-state index contributed by atoms with van der Waals surface area (Å²) >= 11 is 0. The van der Waals surface area contributed by atoms with E-state index >= 15 is 0 Å². The quantitative estimate of drug-likeness (QED) is 0.593. The van der Waals surface area contributed by atoms with E-state index in [1.165, 1.54) is 25.5 Å². The van der Waals surface area contributed by atoms with Gasteiger partial charge in [-0.25, -0.2) is 9.18 Å². The Kier molecular flexibility index (Phi) is 4.34. The first kappa shape index (κ1) is 12.8. The molecule has 0 amide bonds. The normalized spacial score (nSPS) is 10.8. The molecule has 0 aromatic carbocycles. The second-order valence-corrected chi connectivity index (χ2v) is 3.11. The van der Waals surface area contributed by atoms with E-state index in [0.717, 1.165) is 6.07 Å². The summed E-state index contributed by atoms with van der Waals surface area (Å²) in [6, 6.07) is 1.08. The largest absolute Gasteiger partial charge is 0.465 e. The smallest absolute Gasteiger partial charge is 0.339 e. The molecule has 0 fully saturated rings. The number of hydrogen-bond acceptors (Lipinski definition) is 3. The number of esters is 1. The van der Waals surface area contributed by atoms with Gasteiger partial charge in [0.15, 0.2) is 0 Å². The summed E-state index contributed by atoms with van der Waals surface area (Å²) in [6.07, 6.45) is 5.80. The molecule has 4 heteroatoms. The Balaban J connectivity index is 3.22. The molecule has 0 saturated heterocycles. The second kappa shape index (κ2) is 5.75. The van der Waals surface area contributed by atoms with E-state index in [1.807, 2.05) is 0 Å². The van der Waals surface area contributed by atoms with Gasteiger partial charge in [0.2, 0.25) is 0 Å². The Morgan fingerprint density at radius 3 is 2.71 bits per heavy atom. The van der Waals surface area contributed by atoms with E-state index in [9.17, 15) is 9.18 Å². The third-order valence-corrected chi connectivity index (χ3v) is 2.05. The molecule has 1 aromatic heterocycles. The van der Waals surface area contributed by atoms with Crippen molar-refractivity contribution in [3.8, 4) is 0 Å². The van der Waals surface area contributed by atoms with Gasteiger partial charge in [-0.2, -0.15) is 0 Å². The number of hydrogen-bond donors (Lipinski definition) is 0. The molecule has 3 nitrogen and oxygen atoms in total. The lowest BCUT2D eigenvalue weighted by Crippen LogP contribution is -2.04. The average Bonchev–Trinajstić information content (AvgIpc) is 2.35. The van der Waals surface area contributed by atoms with Gasteiger partial charge in [0.1, 0.15) is 11.5 Å². The molecule has 1 rings (SSSR count). The standard InChI is InChI=1S/C13H12FNO2/c1-4-6-9(5-2)12-11(14)7-10(8-15-12)13(16)17-3/h4-8H,1-2H2,3H3/b9-6+. The van der Waals surface area contributed by atoms with Crippen LogP contribution in [-0.4, -0.2) is 18.1 Å². The Bertz CT molecular complexity index is 492. The number of carbonyl (C=O) groups is 1. The van der Waals surface area contributed by atoms with Gasteiger partial charge in [-0.3, -0.25) is 4.98 Å². The van der Waals surface area contributed by atoms with Crippen LogP contribution in [0.25, 0.3) is 5.57 Å². The van der Waals surface area contributed by atoms with Crippen LogP contribution in [0.15, 0.2) is 43.6 Å². The van der Waals surface area contributed by atoms with Gasteiger partial charge in [0, 0.05) is 11.8 Å². The van der Waals surface area contributed by atoms with Crippen molar-refractivity contribution in [2.24, 2.45) is 0 Å². The Hall–Kier alpha value is -2.23. The molecule has 0 aliphatic heterocycles. The Labute approximate surface area is 98.9 Å². The monoisotopic (exact) mass is 233 g/mol. The van der Waals surface area contributed by atoms with Gasteiger partial charge in [0.25, 0.3) is 0 Å². The van der Waals surface area contributed by atoms with Crippen LogP contribution in [0, 0.1) is 5.82 Å². The van der Waals surface area contributed by atoms with Gasteiger partial charge < -0.3 is 4.74 Å². The number of carbonyl (C=O) groups excluding carboxylic acids is 1. The zero-order chi connectivity index (χ0) is 12.8. The van der Waals surface area contributed by atoms with Crippen LogP contribution in [0.5, 0.6) is 0 Å². The molecule has 0 atom stereocenters. The number of nitrogens with zero attached hydrogens (tertiary/aromatic N) is 1. The summed E-state index contributed by atoms with van der Waals surface area (Å²) in [7, 11) is 1.22. The van der Waals surface area contributed by atoms with Crippen molar-refractivity contribution >= 4 is 11.5 Å². The van der Waals surface area contributed by atoms with Crippen molar-refractivity contribution in [3.05, 3.63) is 60.7 Å². The molecule has 0 saturated carbocycles. The zero-order valence-corrected chi connectivity index (χ0v) is 9.44.